The Bertz CT molecular complexity index is 578. The van der Waals surface area contributed by atoms with E-state index >= 15 is 0 Å². The number of aromatic nitrogens is 2. The Morgan fingerprint density at radius 1 is 1.29 bits per heavy atom. The van der Waals surface area contributed by atoms with Gasteiger partial charge in [-0.3, -0.25) is 4.79 Å². The summed E-state index contributed by atoms with van der Waals surface area (Å²) in [7, 11) is 0. The molecule has 112 valence electrons. The first-order chi connectivity index (χ1) is 10.2. The SMILES string of the molecule is CCCCCNC(=O)c1ccc(Nc2cc(C)on2)nc1. The van der Waals surface area contributed by atoms with E-state index in [4.69, 9.17) is 4.52 Å². The number of pyridine rings is 1. The summed E-state index contributed by atoms with van der Waals surface area (Å²) in [6.07, 6.45) is 4.81. The smallest absolute Gasteiger partial charge is 0.252 e. The van der Waals surface area contributed by atoms with E-state index in [9.17, 15) is 4.79 Å². The zero-order chi connectivity index (χ0) is 15.1. The molecular formula is C15H20N4O2. The van der Waals surface area contributed by atoms with E-state index in [2.05, 4.69) is 27.7 Å². The van der Waals surface area contributed by atoms with Gasteiger partial charge in [0, 0.05) is 18.8 Å². The number of nitrogens with zero attached hydrogens (tertiary/aromatic N) is 2. The standard InChI is InChI=1S/C15H20N4O2/c1-3-4-5-8-16-15(20)12-6-7-13(17-10-12)18-14-9-11(2)21-19-14/h6-7,9-10H,3-5,8H2,1-2H3,(H,16,20)(H,17,18,19). The molecule has 2 rings (SSSR count). The molecule has 2 N–H and O–H groups in total. The molecule has 6 heteroatoms. The van der Waals surface area contributed by atoms with Crippen molar-refractivity contribution in [2.75, 3.05) is 11.9 Å². The van der Waals surface area contributed by atoms with Gasteiger partial charge in [-0.2, -0.15) is 0 Å². The third-order valence-corrected chi connectivity index (χ3v) is 2.98. The van der Waals surface area contributed by atoms with Crippen LogP contribution >= 0.6 is 0 Å². The van der Waals surface area contributed by atoms with Gasteiger partial charge in [0.05, 0.1) is 5.56 Å². The summed E-state index contributed by atoms with van der Waals surface area (Å²) < 4.78 is 4.96. The van der Waals surface area contributed by atoms with Gasteiger partial charge >= 0.3 is 0 Å². The zero-order valence-electron chi connectivity index (χ0n) is 12.3. The minimum Gasteiger partial charge on any atom is -0.360 e. The van der Waals surface area contributed by atoms with Crippen molar-refractivity contribution in [3.05, 3.63) is 35.7 Å². The molecule has 6 nitrogen and oxygen atoms in total. The molecule has 0 aliphatic rings. The molecule has 0 aromatic carbocycles. The number of nitrogens with one attached hydrogen (secondary N) is 2. The zero-order valence-corrected chi connectivity index (χ0v) is 12.3. The maximum absolute atomic E-state index is 11.9. The second-order valence-electron chi connectivity index (χ2n) is 4.84. The van der Waals surface area contributed by atoms with Gasteiger partial charge in [0.15, 0.2) is 5.82 Å². The largest absolute Gasteiger partial charge is 0.360 e. The van der Waals surface area contributed by atoms with Crippen LogP contribution in [0.3, 0.4) is 0 Å². The molecule has 0 saturated carbocycles. The number of anilines is 2. The van der Waals surface area contributed by atoms with Gasteiger partial charge in [0.25, 0.3) is 5.91 Å². The third kappa shape index (κ3) is 4.59. The highest BCUT2D eigenvalue weighted by Crippen LogP contribution is 2.14. The predicted molar refractivity (Wildman–Crippen MR) is 80.6 cm³/mol. The normalized spacial score (nSPS) is 10.4. The molecule has 2 heterocycles. The minimum atomic E-state index is -0.0950. The first-order valence-corrected chi connectivity index (χ1v) is 7.13. The van der Waals surface area contributed by atoms with E-state index < -0.39 is 0 Å². The average molecular weight is 288 g/mol. The predicted octanol–water partition coefficient (Wildman–Crippen LogP) is 3.04. The second-order valence-corrected chi connectivity index (χ2v) is 4.84. The fourth-order valence-electron chi connectivity index (χ4n) is 1.84. The van der Waals surface area contributed by atoms with Crippen molar-refractivity contribution in [3.63, 3.8) is 0 Å². The highest BCUT2D eigenvalue weighted by Gasteiger charge is 2.06. The van der Waals surface area contributed by atoms with Crippen LogP contribution < -0.4 is 10.6 Å². The van der Waals surface area contributed by atoms with Crippen molar-refractivity contribution < 1.29 is 9.32 Å². The molecule has 21 heavy (non-hydrogen) atoms. The Morgan fingerprint density at radius 2 is 2.14 bits per heavy atom. The number of rotatable bonds is 7. The van der Waals surface area contributed by atoms with E-state index in [1.165, 1.54) is 0 Å². The molecule has 2 aromatic rings. The Kier molecular flexibility index (Phi) is 5.31. The van der Waals surface area contributed by atoms with Crippen LogP contribution in [-0.2, 0) is 0 Å². The Hall–Kier alpha value is -2.37. The van der Waals surface area contributed by atoms with E-state index in [0.29, 0.717) is 23.7 Å². The fourth-order valence-corrected chi connectivity index (χ4v) is 1.84. The van der Waals surface area contributed by atoms with Crippen LogP contribution in [0.5, 0.6) is 0 Å². The van der Waals surface area contributed by atoms with Gasteiger partial charge in [-0.25, -0.2) is 4.98 Å². The monoisotopic (exact) mass is 288 g/mol. The summed E-state index contributed by atoms with van der Waals surface area (Å²) in [5.41, 5.74) is 0.549. The molecule has 0 spiro atoms. The van der Waals surface area contributed by atoms with Gasteiger partial charge in [0.2, 0.25) is 0 Å². The van der Waals surface area contributed by atoms with Crippen molar-refractivity contribution in [1.82, 2.24) is 15.5 Å². The van der Waals surface area contributed by atoms with Crippen molar-refractivity contribution in [3.8, 4) is 0 Å². The van der Waals surface area contributed by atoms with Gasteiger partial charge in [-0.15, -0.1) is 0 Å². The summed E-state index contributed by atoms with van der Waals surface area (Å²) in [4.78, 5) is 16.1. The third-order valence-electron chi connectivity index (χ3n) is 2.98. The van der Waals surface area contributed by atoms with E-state index in [1.54, 1.807) is 24.4 Å². The van der Waals surface area contributed by atoms with Crippen LogP contribution in [0.4, 0.5) is 11.6 Å². The van der Waals surface area contributed by atoms with Crippen LogP contribution in [0.1, 0.15) is 42.3 Å². The fraction of sp³-hybridized carbons (Fsp3) is 0.400. The van der Waals surface area contributed by atoms with Crippen molar-refractivity contribution in [2.24, 2.45) is 0 Å². The van der Waals surface area contributed by atoms with Crippen molar-refractivity contribution >= 4 is 17.5 Å². The summed E-state index contributed by atoms with van der Waals surface area (Å²) in [5, 5.41) is 9.70. The molecule has 0 aliphatic heterocycles. The lowest BCUT2D eigenvalue weighted by Crippen LogP contribution is -2.24. The molecule has 0 aliphatic carbocycles. The van der Waals surface area contributed by atoms with Gasteiger partial charge in [-0.05, 0) is 25.5 Å². The average Bonchev–Trinajstić information content (AvgIpc) is 2.89. The Labute approximate surface area is 123 Å². The summed E-state index contributed by atoms with van der Waals surface area (Å²) in [5.74, 6) is 1.84. The Morgan fingerprint density at radius 3 is 2.76 bits per heavy atom. The summed E-state index contributed by atoms with van der Waals surface area (Å²) in [6.45, 7) is 4.65. The molecule has 2 aromatic heterocycles. The molecule has 0 unspecified atom stereocenters. The van der Waals surface area contributed by atoms with Gasteiger partial charge < -0.3 is 15.2 Å². The quantitative estimate of drug-likeness (QED) is 0.765. The highest BCUT2D eigenvalue weighted by atomic mass is 16.5. The van der Waals surface area contributed by atoms with E-state index in [1.807, 2.05) is 6.92 Å². The number of unbranched alkanes of at least 4 members (excludes halogenated alkanes) is 2. The topological polar surface area (TPSA) is 80.0 Å². The van der Waals surface area contributed by atoms with Gasteiger partial charge in [-0.1, -0.05) is 24.9 Å². The van der Waals surface area contributed by atoms with Gasteiger partial charge in [0.1, 0.15) is 11.6 Å². The van der Waals surface area contributed by atoms with E-state index in [0.717, 1.165) is 25.0 Å². The van der Waals surface area contributed by atoms with Crippen molar-refractivity contribution in [2.45, 2.75) is 33.1 Å². The number of hydrogen-bond acceptors (Lipinski definition) is 5. The van der Waals surface area contributed by atoms with Crippen LogP contribution in [0.15, 0.2) is 28.9 Å². The second kappa shape index (κ2) is 7.42. The molecule has 0 fully saturated rings. The number of carbonyl (C=O) groups is 1. The molecular weight excluding hydrogens is 268 g/mol. The van der Waals surface area contributed by atoms with Crippen LogP contribution in [0, 0.1) is 6.92 Å². The van der Waals surface area contributed by atoms with Crippen molar-refractivity contribution in [1.29, 1.82) is 0 Å². The van der Waals surface area contributed by atoms with E-state index in [-0.39, 0.29) is 5.91 Å². The maximum Gasteiger partial charge on any atom is 0.252 e. The lowest BCUT2D eigenvalue weighted by Gasteiger charge is -2.05. The van der Waals surface area contributed by atoms with Crippen LogP contribution in [0.25, 0.3) is 0 Å². The number of carbonyl (C=O) groups excluding carboxylic acids is 1. The summed E-state index contributed by atoms with van der Waals surface area (Å²) in [6, 6.07) is 5.25. The summed E-state index contributed by atoms with van der Waals surface area (Å²) >= 11 is 0. The van der Waals surface area contributed by atoms with Crippen LogP contribution in [0.2, 0.25) is 0 Å². The molecule has 0 saturated heterocycles. The molecule has 0 atom stereocenters. The highest BCUT2D eigenvalue weighted by molar-refractivity contribution is 5.94. The minimum absolute atomic E-state index is 0.0950. The molecule has 0 bridgehead atoms. The lowest BCUT2D eigenvalue weighted by atomic mass is 10.2. The maximum atomic E-state index is 11.9. The lowest BCUT2D eigenvalue weighted by molar-refractivity contribution is 0.0952. The number of aryl methyl sites for hydroxylation is 1. The Balaban J connectivity index is 1.87. The first-order valence-electron chi connectivity index (χ1n) is 7.13. The first kappa shape index (κ1) is 15.0. The molecule has 1 amide bonds. The molecule has 0 radical (unpaired) electrons. The van der Waals surface area contributed by atoms with Crippen LogP contribution in [-0.4, -0.2) is 22.6 Å². The number of amides is 1. The number of hydrogen-bond donors (Lipinski definition) is 2.